The van der Waals surface area contributed by atoms with Crippen LogP contribution in [-0.4, -0.2) is 97.2 Å². The summed E-state index contributed by atoms with van der Waals surface area (Å²) in [6, 6.07) is 7.51. The fourth-order valence-corrected chi connectivity index (χ4v) is 3.98. The first-order valence-corrected chi connectivity index (χ1v) is 11.1. The first kappa shape index (κ1) is 27.6. The number of ether oxygens (including phenoxy) is 3. The van der Waals surface area contributed by atoms with E-state index in [1.807, 2.05) is 0 Å². The van der Waals surface area contributed by atoms with Crippen molar-refractivity contribution in [2.45, 2.75) is 55.8 Å². The third kappa shape index (κ3) is 6.05. The molecule has 0 unspecified atom stereocenters. The number of carbonyl (C=O) groups is 1. The Balaban J connectivity index is 1.87. The van der Waals surface area contributed by atoms with Gasteiger partial charge in [0.05, 0.1) is 12.7 Å². The van der Waals surface area contributed by atoms with Crippen LogP contribution in [0.15, 0.2) is 36.4 Å². The molecule has 0 aliphatic carbocycles. The summed E-state index contributed by atoms with van der Waals surface area (Å²) in [5, 5.41) is 78.8. The van der Waals surface area contributed by atoms with Gasteiger partial charge in [0.1, 0.15) is 30.5 Å². The zero-order chi connectivity index (χ0) is 26.6. The van der Waals surface area contributed by atoms with Gasteiger partial charge in [-0.2, -0.15) is 0 Å². The van der Waals surface area contributed by atoms with Crippen molar-refractivity contribution in [3.63, 3.8) is 0 Å². The van der Waals surface area contributed by atoms with Crippen molar-refractivity contribution in [3.05, 3.63) is 47.5 Å². The summed E-state index contributed by atoms with van der Waals surface area (Å²) in [5.41, 5.74) is 0.463. The number of carbonyl (C=O) groups excluding carboxylic acids is 1. The summed E-state index contributed by atoms with van der Waals surface area (Å²) < 4.78 is 16.9. The van der Waals surface area contributed by atoms with Gasteiger partial charge in [-0.25, -0.2) is 0 Å². The van der Waals surface area contributed by atoms with Gasteiger partial charge in [-0.1, -0.05) is 6.07 Å². The summed E-state index contributed by atoms with van der Waals surface area (Å²) in [5.74, 6) is -2.08. The first-order valence-electron chi connectivity index (χ1n) is 11.1. The van der Waals surface area contributed by atoms with E-state index in [1.54, 1.807) is 0 Å². The van der Waals surface area contributed by atoms with Gasteiger partial charge < -0.3 is 55.1 Å². The molecule has 1 aliphatic heterocycles. The maximum atomic E-state index is 12.8. The molecule has 2 aromatic rings. The number of aliphatic hydroxyl groups excluding tert-OH is 4. The number of hydrogen-bond acceptors (Lipinski definition) is 12. The second-order valence-electron chi connectivity index (χ2n) is 8.44. The van der Waals surface area contributed by atoms with Crippen LogP contribution in [0, 0.1) is 0 Å². The number of methoxy groups -OCH3 is 1. The molecule has 2 aromatic carbocycles. The molecule has 7 atom stereocenters. The van der Waals surface area contributed by atoms with Gasteiger partial charge in [0.2, 0.25) is 0 Å². The maximum Gasteiger partial charge on any atom is 0.187 e. The van der Waals surface area contributed by atoms with Crippen molar-refractivity contribution in [1.82, 2.24) is 0 Å². The molecule has 0 amide bonds. The van der Waals surface area contributed by atoms with Crippen LogP contribution in [0.25, 0.3) is 0 Å². The van der Waals surface area contributed by atoms with E-state index in [0.717, 1.165) is 6.07 Å². The number of hydrogen-bond donors (Lipinski definition) is 8. The van der Waals surface area contributed by atoms with Gasteiger partial charge in [-0.05, 0) is 42.3 Å². The van der Waals surface area contributed by atoms with E-state index in [1.165, 1.54) is 37.4 Å². The lowest BCUT2D eigenvalue weighted by atomic mass is 9.96. The van der Waals surface area contributed by atoms with Crippen molar-refractivity contribution in [3.8, 4) is 23.0 Å². The van der Waals surface area contributed by atoms with Crippen LogP contribution in [0.1, 0.15) is 34.9 Å². The van der Waals surface area contributed by atoms with Crippen LogP contribution in [0.3, 0.4) is 0 Å². The molecule has 1 fully saturated rings. The molecule has 0 spiro atoms. The van der Waals surface area contributed by atoms with Crippen molar-refractivity contribution in [1.29, 1.82) is 0 Å². The van der Waals surface area contributed by atoms with Gasteiger partial charge in [0, 0.05) is 19.1 Å². The van der Waals surface area contributed by atoms with Crippen LogP contribution in [-0.2, 0) is 14.2 Å². The highest BCUT2D eigenvalue weighted by Crippen LogP contribution is 2.35. The molecule has 0 radical (unpaired) electrons. The quantitative estimate of drug-likeness (QED) is 0.158. The molecule has 0 bridgehead atoms. The Morgan fingerprint density at radius 3 is 2.14 bits per heavy atom. The number of ketones is 1. The highest BCUT2D eigenvalue weighted by atomic mass is 16.7. The summed E-state index contributed by atoms with van der Waals surface area (Å²) >= 11 is 0. The van der Waals surface area contributed by atoms with Crippen LogP contribution < -0.4 is 0 Å². The number of phenols is 4. The third-order valence-corrected chi connectivity index (χ3v) is 6.03. The number of benzene rings is 2. The van der Waals surface area contributed by atoms with E-state index in [4.69, 9.17) is 14.2 Å². The lowest BCUT2D eigenvalue weighted by Crippen LogP contribution is -2.59. The Hall–Kier alpha value is -2.97. The van der Waals surface area contributed by atoms with Gasteiger partial charge in [-0.15, -0.1) is 0 Å². The Morgan fingerprint density at radius 2 is 1.56 bits per heavy atom. The summed E-state index contributed by atoms with van der Waals surface area (Å²) in [7, 11) is 1.33. The van der Waals surface area contributed by atoms with E-state index in [0.29, 0.717) is 5.56 Å². The standard InChI is InChI=1S/C24H30O12/c1-34-23(12-3-5-15(28)17(30)9-12)18(7-6-13(26)11-2-4-14(27)16(29)8-11)35-24-22(33)21(32)20(31)19(10-25)36-24/h2-5,8-9,18-25,27-33H,6-7,10H2,1H3/t18-,19+,20-,21+,22+,23+,24-/m1/s1. The molecule has 12 heteroatoms. The second kappa shape index (κ2) is 11.8. The highest BCUT2D eigenvalue weighted by Gasteiger charge is 2.45. The molecular weight excluding hydrogens is 480 g/mol. The minimum atomic E-state index is -1.71. The second-order valence-corrected chi connectivity index (χ2v) is 8.44. The molecule has 1 saturated heterocycles. The van der Waals surface area contributed by atoms with Crippen LogP contribution in [0.2, 0.25) is 0 Å². The fourth-order valence-electron chi connectivity index (χ4n) is 3.98. The Morgan fingerprint density at radius 1 is 0.917 bits per heavy atom. The van der Waals surface area contributed by atoms with Gasteiger partial charge >= 0.3 is 0 Å². The first-order chi connectivity index (χ1) is 17.1. The molecule has 0 saturated carbocycles. The third-order valence-electron chi connectivity index (χ3n) is 6.03. The molecule has 1 aliphatic rings. The maximum absolute atomic E-state index is 12.8. The topological polar surface area (TPSA) is 207 Å². The Bertz CT molecular complexity index is 1040. The molecule has 1 heterocycles. The zero-order valence-electron chi connectivity index (χ0n) is 19.3. The van der Waals surface area contributed by atoms with Crippen LogP contribution in [0.5, 0.6) is 23.0 Å². The monoisotopic (exact) mass is 510 g/mol. The van der Waals surface area contributed by atoms with E-state index < -0.39 is 66.8 Å². The lowest BCUT2D eigenvalue weighted by Gasteiger charge is -2.41. The molecular formula is C24H30O12. The molecule has 12 nitrogen and oxygen atoms in total. The zero-order valence-corrected chi connectivity index (χ0v) is 19.3. The van der Waals surface area contributed by atoms with Crippen molar-refractivity contribution < 1.29 is 59.9 Å². The van der Waals surface area contributed by atoms with Crippen LogP contribution in [0.4, 0.5) is 0 Å². The number of aliphatic hydroxyl groups is 4. The van der Waals surface area contributed by atoms with Crippen molar-refractivity contribution in [2.75, 3.05) is 13.7 Å². The molecule has 0 aromatic heterocycles. The summed E-state index contributed by atoms with van der Waals surface area (Å²) in [6.45, 7) is -0.669. The van der Waals surface area contributed by atoms with E-state index in [9.17, 15) is 45.6 Å². The predicted octanol–water partition coefficient (Wildman–Crippen LogP) is 0.0447. The number of aromatic hydroxyl groups is 4. The number of Topliss-reactive ketones (excluding diaryl/α,β-unsaturated/α-hetero) is 1. The van der Waals surface area contributed by atoms with Crippen LogP contribution >= 0.6 is 0 Å². The van der Waals surface area contributed by atoms with E-state index >= 15 is 0 Å². The van der Waals surface area contributed by atoms with Gasteiger partial charge in [0.25, 0.3) is 0 Å². The fraction of sp³-hybridized carbons (Fsp3) is 0.458. The molecule has 8 N–H and O–H groups in total. The molecule has 3 rings (SSSR count). The van der Waals surface area contributed by atoms with E-state index in [2.05, 4.69) is 0 Å². The largest absolute Gasteiger partial charge is 0.504 e. The lowest BCUT2D eigenvalue weighted by molar-refractivity contribution is -0.318. The summed E-state index contributed by atoms with van der Waals surface area (Å²) in [4.78, 5) is 12.8. The summed E-state index contributed by atoms with van der Waals surface area (Å²) in [6.07, 6.45) is -9.97. The van der Waals surface area contributed by atoms with Gasteiger partial charge in [0.15, 0.2) is 35.1 Å². The Kier molecular flexibility index (Phi) is 9.08. The smallest absolute Gasteiger partial charge is 0.187 e. The van der Waals surface area contributed by atoms with Crippen molar-refractivity contribution >= 4 is 5.78 Å². The van der Waals surface area contributed by atoms with Crippen molar-refractivity contribution in [2.24, 2.45) is 0 Å². The average molecular weight is 510 g/mol. The average Bonchev–Trinajstić information content (AvgIpc) is 2.86. The number of phenolic OH excluding ortho intramolecular Hbond substituents is 4. The Labute approximate surface area is 206 Å². The van der Waals surface area contributed by atoms with E-state index in [-0.39, 0.29) is 29.9 Å². The predicted molar refractivity (Wildman–Crippen MR) is 121 cm³/mol. The number of rotatable bonds is 10. The molecule has 198 valence electrons. The molecule has 36 heavy (non-hydrogen) atoms. The minimum Gasteiger partial charge on any atom is -0.504 e. The normalized spacial score (nSPS) is 25.9. The minimum absolute atomic E-state index is 0.0460. The van der Waals surface area contributed by atoms with Gasteiger partial charge in [-0.3, -0.25) is 4.79 Å². The highest BCUT2D eigenvalue weighted by molar-refractivity contribution is 5.96. The SMILES string of the molecule is CO[C@@H](c1ccc(O)c(O)c1)[C@@H](CCC(=O)c1ccc(O)c(O)c1)O[C@@H]1O[C@@H](CO)[C@@H](O)[C@H](O)[C@@H]1O.